The molecular weight excluding hydrogens is 478 g/mol. The van der Waals surface area contributed by atoms with Crippen LogP contribution in [0.3, 0.4) is 0 Å². The summed E-state index contributed by atoms with van der Waals surface area (Å²) < 4.78 is 16.7. The average molecular weight is 512 g/mol. The largest absolute Gasteiger partial charge is 0.497 e. The first-order valence-corrected chi connectivity index (χ1v) is 13.0. The molecule has 0 unspecified atom stereocenters. The lowest BCUT2D eigenvalue weighted by molar-refractivity contribution is 0.0723. The summed E-state index contributed by atoms with van der Waals surface area (Å²) in [6.07, 6.45) is 1.64. The van der Waals surface area contributed by atoms with Gasteiger partial charge in [0.1, 0.15) is 11.4 Å². The Kier molecular flexibility index (Phi) is 8.04. The highest BCUT2D eigenvalue weighted by Crippen LogP contribution is 2.35. The smallest absolute Gasteiger partial charge is 0.254 e. The molecule has 0 radical (unpaired) electrons. The third-order valence-electron chi connectivity index (χ3n) is 6.96. The van der Waals surface area contributed by atoms with Crippen molar-refractivity contribution in [1.82, 2.24) is 10.1 Å². The Morgan fingerprint density at radius 1 is 1.00 bits per heavy atom. The monoisotopic (exact) mass is 511 g/mol. The summed E-state index contributed by atoms with van der Waals surface area (Å²) in [6, 6.07) is 25.8. The van der Waals surface area contributed by atoms with Gasteiger partial charge in [0.25, 0.3) is 5.91 Å². The fraction of sp³-hybridized carbons (Fsp3) is 0.290. The molecule has 0 fully saturated rings. The number of aromatic nitrogens is 1. The predicted octanol–water partition coefficient (Wildman–Crippen LogP) is 5.59. The van der Waals surface area contributed by atoms with Gasteiger partial charge in [0.05, 0.1) is 19.2 Å². The minimum atomic E-state index is -0.0739. The molecular formula is C31H33N3O4. The molecule has 0 aliphatic carbocycles. The van der Waals surface area contributed by atoms with E-state index in [1.165, 1.54) is 11.1 Å². The van der Waals surface area contributed by atoms with Crippen molar-refractivity contribution in [2.75, 3.05) is 38.8 Å². The number of carbonyl (C=O) groups excluding carboxylic acids is 1. The molecule has 0 saturated carbocycles. The van der Waals surface area contributed by atoms with Crippen LogP contribution in [0.25, 0.3) is 11.3 Å². The summed E-state index contributed by atoms with van der Waals surface area (Å²) in [5.41, 5.74) is 5.85. The van der Waals surface area contributed by atoms with Crippen molar-refractivity contribution in [1.29, 1.82) is 0 Å². The standard InChI is InChI=1S/C31H33N3O4/c1-36-19-9-17-33(30(35)25-14-8-15-27(20-25)37-2)22-28-29(24-11-4-3-5-12-24)32-38-31(28)34-18-16-23-10-6-7-13-26(23)21-34/h3-8,10-15,20H,9,16-19,21-22H2,1-2H3. The van der Waals surface area contributed by atoms with Gasteiger partial charge >= 0.3 is 0 Å². The van der Waals surface area contributed by atoms with E-state index in [0.29, 0.717) is 43.3 Å². The van der Waals surface area contributed by atoms with E-state index in [4.69, 9.17) is 14.0 Å². The van der Waals surface area contributed by atoms with Crippen molar-refractivity contribution in [3.8, 4) is 17.0 Å². The quantitative estimate of drug-likeness (QED) is 0.259. The van der Waals surface area contributed by atoms with Gasteiger partial charge in [0.15, 0.2) is 0 Å². The number of benzene rings is 3. The Morgan fingerprint density at radius 2 is 1.79 bits per heavy atom. The molecule has 7 nitrogen and oxygen atoms in total. The number of nitrogens with zero attached hydrogens (tertiary/aromatic N) is 3. The number of methoxy groups -OCH3 is 2. The second-order valence-corrected chi connectivity index (χ2v) is 9.43. The molecule has 0 spiro atoms. The lowest BCUT2D eigenvalue weighted by Crippen LogP contribution is -2.34. The second kappa shape index (κ2) is 12.0. The molecule has 0 bridgehead atoms. The number of hydrogen-bond donors (Lipinski definition) is 0. The van der Waals surface area contributed by atoms with Crippen LogP contribution in [0.15, 0.2) is 83.4 Å². The van der Waals surface area contributed by atoms with Gasteiger partial charge in [-0.3, -0.25) is 4.79 Å². The Labute approximate surface area is 223 Å². The first kappa shape index (κ1) is 25.5. The number of rotatable bonds is 10. The predicted molar refractivity (Wildman–Crippen MR) is 147 cm³/mol. The fourth-order valence-corrected chi connectivity index (χ4v) is 4.97. The Hall–Kier alpha value is -4.10. The zero-order valence-electron chi connectivity index (χ0n) is 21.9. The van der Waals surface area contributed by atoms with E-state index in [1.807, 2.05) is 53.4 Å². The van der Waals surface area contributed by atoms with Gasteiger partial charge in [-0.1, -0.05) is 65.8 Å². The van der Waals surface area contributed by atoms with Gasteiger partial charge < -0.3 is 23.8 Å². The van der Waals surface area contributed by atoms with Gasteiger partial charge in [-0.05, 0) is 42.2 Å². The van der Waals surface area contributed by atoms with E-state index < -0.39 is 0 Å². The van der Waals surface area contributed by atoms with Crippen molar-refractivity contribution >= 4 is 11.8 Å². The summed E-state index contributed by atoms with van der Waals surface area (Å²) in [6.45, 7) is 3.01. The normalized spacial score (nSPS) is 12.7. The van der Waals surface area contributed by atoms with Crippen LogP contribution in [0.4, 0.5) is 5.88 Å². The Bertz CT molecular complexity index is 1370. The van der Waals surface area contributed by atoms with Crippen LogP contribution >= 0.6 is 0 Å². The first-order chi connectivity index (χ1) is 18.7. The zero-order chi connectivity index (χ0) is 26.3. The molecule has 3 aromatic carbocycles. The van der Waals surface area contributed by atoms with E-state index in [1.54, 1.807) is 20.3 Å². The second-order valence-electron chi connectivity index (χ2n) is 9.43. The van der Waals surface area contributed by atoms with Crippen molar-refractivity contribution in [2.24, 2.45) is 0 Å². The number of carbonyl (C=O) groups is 1. The van der Waals surface area contributed by atoms with Crippen molar-refractivity contribution in [3.63, 3.8) is 0 Å². The van der Waals surface area contributed by atoms with Crippen LogP contribution < -0.4 is 9.64 Å². The third-order valence-corrected chi connectivity index (χ3v) is 6.96. The summed E-state index contributed by atoms with van der Waals surface area (Å²) >= 11 is 0. The minimum Gasteiger partial charge on any atom is -0.497 e. The molecule has 196 valence electrons. The lowest BCUT2D eigenvalue weighted by Gasteiger charge is -2.30. The van der Waals surface area contributed by atoms with Crippen LogP contribution in [-0.4, -0.2) is 49.9 Å². The topological polar surface area (TPSA) is 68.0 Å². The Balaban J connectivity index is 1.52. The maximum absolute atomic E-state index is 13.8. The van der Waals surface area contributed by atoms with Crippen LogP contribution in [0, 0.1) is 0 Å². The maximum atomic E-state index is 13.8. The first-order valence-electron chi connectivity index (χ1n) is 13.0. The molecule has 0 saturated heterocycles. The highest BCUT2D eigenvalue weighted by molar-refractivity contribution is 5.94. The SMILES string of the molecule is COCCCN(Cc1c(-c2ccccc2)noc1N1CCc2ccccc2C1)C(=O)c1cccc(OC)c1. The molecule has 0 N–H and O–H groups in total. The molecule has 0 atom stereocenters. The number of hydrogen-bond acceptors (Lipinski definition) is 6. The molecule has 4 aromatic rings. The van der Waals surface area contributed by atoms with Crippen molar-refractivity contribution in [3.05, 3.63) is 101 Å². The number of amides is 1. The van der Waals surface area contributed by atoms with Crippen LogP contribution in [0.5, 0.6) is 5.75 Å². The third kappa shape index (κ3) is 5.58. The summed E-state index contributed by atoms with van der Waals surface area (Å²) in [5.74, 6) is 1.29. The van der Waals surface area contributed by atoms with Gasteiger partial charge in [0.2, 0.25) is 5.88 Å². The Morgan fingerprint density at radius 3 is 2.58 bits per heavy atom. The van der Waals surface area contributed by atoms with E-state index >= 15 is 0 Å². The molecule has 1 aliphatic heterocycles. The maximum Gasteiger partial charge on any atom is 0.254 e. The van der Waals surface area contributed by atoms with Gasteiger partial charge in [-0.25, -0.2) is 0 Å². The van der Waals surface area contributed by atoms with Crippen LogP contribution in [0.1, 0.15) is 33.5 Å². The van der Waals surface area contributed by atoms with Gasteiger partial charge in [0, 0.05) is 44.5 Å². The molecule has 1 amide bonds. The highest BCUT2D eigenvalue weighted by atomic mass is 16.5. The summed E-state index contributed by atoms with van der Waals surface area (Å²) in [4.78, 5) is 17.9. The zero-order valence-corrected chi connectivity index (χ0v) is 21.9. The van der Waals surface area contributed by atoms with Crippen molar-refractivity contribution in [2.45, 2.75) is 25.9 Å². The van der Waals surface area contributed by atoms with E-state index in [-0.39, 0.29) is 5.91 Å². The van der Waals surface area contributed by atoms with E-state index in [9.17, 15) is 4.79 Å². The molecule has 38 heavy (non-hydrogen) atoms. The molecule has 1 aliphatic rings. The summed E-state index contributed by atoms with van der Waals surface area (Å²) in [5, 5.41) is 4.53. The minimum absolute atomic E-state index is 0.0739. The molecule has 7 heteroatoms. The number of fused-ring (bicyclic) bond motifs is 1. The van der Waals surface area contributed by atoms with Gasteiger partial charge in [-0.2, -0.15) is 0 Å². The fourth-order valence-electron chi connectivity index (χ4n) is 4.97. The summed E-state index contributed by atoms with van der Waals surface area (Å²) in [7, 11) is 3.28. The van der Waals surface area contributed by atoms with Gasteiger partial charge in [-0.15, -0.1) is 0 Å². The number of anilines is 1. The van der Waals surface area contributed by atoms with Crippen LogP contribution in [0.2, 0.25) is 0 Å². The molecule has 5 rings (SSSR count). The molecule has 1 aromatic heterocycles. The van der Waals surface area contributed by atoms with E-state index in [2.05, 4.69) is 34.3 Å². The van der Waals surface area contributed by atoms with Crippen LogP contribution in [-0.2, 0) is 24.2 Å². The molecule has 2 heterocycles. The highest BCUT2D eigenvalue weighted by Gasteiger charge is 2.28. The van der Waals surface area contributed by atoms with E-state index in [0.717, 1.165) is 36.3 Å². The average Bonchev–Trinajstić information content (AvgIpc) is 3.40. The lowest BCUT2D eigenvalue weighted by atomic mass is 9.99. The number of ether oxygens (including phenoxy) is 2. The van der Waals surface area contributed by atoms with Crippen molar-refractivity contribution < 1.29 is 18.8 Å².